The van der Waals surface area contributed by atoms with E-state index in [-0.39, 0.29) is 5.69 Å². The summed E-state index contributed by atoms with van der Waals surface area (Å²) in [6.07, 6.45) is 0. The Labute approximate surface area is 123 Å². The van der Waals surface area contributed by atoms with Gasteiger partial charge in [0.1, 0.15) is 0 Å². The van der Waals surface area contributed by atoms with Crippen LogP contribution in [-0.4, -0.2) is 53.7 Å². The minimum atomic E-state index is -0.983. The SMILES string of the molecule is CC1CN(C)CCN1c1cc(C(=O)O)nc2ccccc12. The molecule has 1 unspecified atom stereocenters. The number of hydrogen-bond donors (Lipinski definition) is 1. The highest BCUT2D eigenvalue weighted by atomic mass is 16.4. The van der Waals surface area contributed by atoms with Gasteiger partial charge in [-0.05, 0) is 26.1 Å². The number of likely N-dealkylation sites (N-methyl/N-ethyl adjacent to an activating group) is 1. The molecule has 3 rings (SSSR count). The molecule has 1 saturated heterocycles. The zero-order valence-electron chi connectivity index (χ0n) is 12.3. The number of aromatic nitrogens is 1. The van der Waals surface area contributed by atoms with Crippen molar-refractivity contribution < 1.29 is 9.90 Å². The summed E-state index contributed by atoms with van der Waals surface area (Å²) in [6.45, 7) is 5.01. The number of fused-ring (bicyclic) bond motifs is 1. The summed E-state index contributed by atoms with van der Waals surface area (Å²) in [5, 5.41) is 10.3. The zero-order chi connectivity index (χ0) is 15.0. The Morgan fingerprint density at radius 3 is 2.81 bits per heavy atom. The quantitative estimate of drug-likeness (QED) is 0.915. The molecule has 1 aromatic carbocycles. The van der Waals surface area contributed by atoms with E-state index < -0.39 is 5.97 Å². The van der Waals surface area contributed by atoms with Gasteiger partial charge in [0.15, 0.2) is 5.69 Å². The summed E-state index contributed by atoms with van der Waals surface area (Å²) in [4.78, 5) is 20.1. The van der Waals surface area contributed by atoms with E-state index in [0.717, 1.165) is 36.2 Å². The lowest BCUT2D eigenvalue weighted by molar-refractivity contribution is 0.0691. The number of nitrogens with zero attached hydrogens (tertiary/aromatic N) is 3. The van der Waals surface area contributed by atoms with Crippen LogP contribution in [0, 0.1) is 0 Å². The van der Waals surface area contributed by atoms with Crippen molar-refractivity contribution in [3.8, 4) is 0 Å². The van der Waals surface area contributed by atoms with Crippen molar-refractivity contribution in [1.29, 1.82) is 0 Å². The summed E-state index contributed by atoms with van der Waals surface area (Å²) >= 11 is 0. The molecule has 0 spiro atoms. The van der Waals surface area contributed by atoms with Gasteiger partial charge < -0.3 is 14.9 Å². The Kier molecular flexibility index (Phi) is 3.51. The Hall–Kier alpha value is -2.14. The minimum Gasteiger partial charge on any atom is -0.477 e. The lowest BCUT2D eigenvalue weighted by Gasteiger charge is -2.40. The van der Waals surface area contributed by atoms with Crippen LogP contribution >= 0.6 is 0 Å². The number of piperazine rings is 1. The number of aromatic carboxylic acids is 1. The smallest absolute Gasteiger partial charge is 0.354 e. The second-order valence-electron chi connectivity index (χ2n) is 5.65. The molecular weight excluding hydrogens is 266 g/mol. The lowest BCUT2D eigenvalue weighted by Crippen LogP contribution is -2.50. The van der Waals surface area contributed by atoms with Gasteiger partial charge in [-0.15, -0.1) is 0 Å². The Morgan fingerprint density at radius 2 is 2.10 bits per heavy atom. The third-order valence-electron chi connectivity index (χ3n) is 4.05. The number of carboxylic acids is 1. The van der Waals surface area contributed by atoms with E-state index in [1.807, 2.05) is 24.3 Å². The number of carbonyl (C=O) groups is 1. The van der Waals surface area contributed by atoms with Gasteiger partial charge in [0.2, 0.25) is 0 Å². The van der Waals surface area contributed by atoms with Crippen molar-refractivity contribution in [2.45, 2.75) is 13.0 Å². The number of rotatable bonds is 2. The van der Waals surface area contributed by atoms with Crippen LogP contribution in [0.2, 0.25) is 0 Å². The summed E-state index contributed by atoms with van der Waals surface area (Å²) in [5.41, 5.74) is 1.81. The average molecular weight is 285 g/mol. The average Bonchev–Trinajstić information content (AvgIpc) is 2.46. The Balaban J connectivity index is 2.14. The first-order chi connectivity index (χ1) is 10.1. The molecule has 1 N–H and O–H groups in total. The van der Waals surface area contributed by atoms with Crippen LogP contribution < -0.4 is 4.90 Å². The second kappa shape index (κ2) is 5.33. The predicted molar refractivity (Wildman–Crippen MR) is 83.0 cm³/mol. The molecule has 5 heteroatoms. The molecule has 1 aliphatic heterocycles. The normalized spacial score (nSPS) is 19.9. The molecule has 2 heterocycles. The number of anilines is 1. The van der Waals surface area contributed by atoms with E-state index in [1.54, 1.807) is 6.07 Å². The molecule has 110 valence electrons. The summed E-state index contributed by atoms with van der Waals surface area (Å²) in [7, 11) is 2.11. The van der Waals surface area contributed by atoms with Crippen LogP contribution in [0.3, 0.4) is 0 Å². The number of hydrogen-bond acceptors (Lipinski definition) is 4. The number of para-hydroxylation sites is 1. The van der Waals surface area contributed by atoms with Crippen LogP contribution in [0.5, 0.6) is 0 Å². The van der Waals surface area contributed by atoms with Crippen LogP contribution in [0.15, 0.2) is 30.3 Å². The molecule has 0 bridgehead atoms. The van der Waals surface area contributed by atoms with E-state index in [1.165, 1.54) is 0 Å². The lowest BCUT2D eigenvalue weighted by atomic mass is 10.1. The highest BCUT2D eigenvalue weighted by molar-refractivity contribution is 5.97. The van der Waals surface area contributed by atoms with Gasteiger partial charge in [-0.3, -0.25) is 0 Å². The number of pyridine rings is 1. The summed E-state index contributed by atoms with van der Waals surface area (Å²) < 4.78 is 0. The van der Waals surface area contributed by atoms with Gasteiger partial charge in [-0.2, -0.15) is 0 Å². The van der Waals surface area contributed by atoms with E-state index in [9.17, 15) is 9.90 Å². The topological polar surface area (TPSA) is 56.7 Å². The van der Waals surface area contributed by atoms with E-state index in [4.69, 9.17) is 0 Å². The van der Waals surface area contributed by atoms with E-state index >= 15 is 0 Å². The van der Waals surface area contributed by atoms with Crippen molar-refractivity contribution in [3.63, 3.8) is 0 Å². The van der Waals surface area contributed by atoms with E-state index in [2.05, 4.69) is 28.8 Å². The summed E-state index contributed by atoms with van der Waals surface area (Å²) in [6, 6.07) is 9.77. The van der Waals surface area contributed by atoms with Crippen molar-refractivity contribution in [2.75, 3.05) is 31.6 Å². The molecule has 2 aromatic rings. The highest BCUT2D eigenvalue weighted by Gasteiger charge is 2.24. The van der Waals surface area contributed by atoms with Gasteiger partial charge in [0.25, 0.3) is 0 Å². The second-order valence-corrected chi connectivity index (χ2v) is 5.65. The largest absolute Gasteiger partial charge is 0.477 e. The molecule has 0 aliphatic carbocycles. The highest BCUT2D eigenvalue weighted by Crippen LogP contribution is 2.29. The fourth-order valence-corrected chi connectivity index (χ4v) is 3.00. The molecule has 0 saturated carbocycles. The van der Waals surface area contributed by atoms with Crippen molar-refractivity contribution >= 4 is 22.6 Å². The maximum absolute atomic E-state index is 11.3. The molecular formula is C16H19N3O2. The monoisotopic (exact) mass is 285 g/mol. The molecule has 1 aliphatic rings. The van der Waals surface area contributed by atoms with E-state index in [0.29, 0.717) is 6.04 Å². The van der Waals surface area contributed by atoms with Gasteiger partial charge in [-0.25, -0.2) is 9.78 Å². The van der Waals surface area contributed by atoms with Gasteiger partial charge in [-0.1, -0.05) is 18.2 Å². The summed E-state index contributed by atoms with van der Waals surface area (Å²) in [5.74, 6) is -0.983. The molecule has 0 amide bonds. The van der Waals surface area contributed by atoms with Crippen LogP contribution in [0.1, 0.15) is 17.4 Å². The molecule has 21 heavy (non-hydrogen) atoms. The van der Waals surface area contributed by atoms with Crippen molar-refractivity contribution in [3.05, 3.63) is 36.0 Å². The number of benzene rings is 1. The maximum Gasteiger partial charge on any atom is 0.354 e. The molecule has 5 nitrogen and oxygen atoms in total. The van der Waals surface area contributed by atoms with Gasteiger partial charge in [0, 0.05) is 36.7 Å². The van der Waals surface area contributed by atoms with Gasteiger partial charge in [0.05, 0.1) is 5.52 Å². The molecule has 1 atom stereocenters. The van der Waals surface area contributed by atoms with Gasteiger partial charge >= 0.3 is 5.97 Å². The molecule has 1 fully saturated rings. The van der Waals surface area contributed by atoms with Crippen molar-refractivity contribution in [2.24, 2.45) is 0 Å². The zero-order valence-corrected chi connectivity index (χ0v) is 12.3. The fourth-order valence-electron chi connectivity index (χ4n) is 3.00. The third-order valence-corrected chi connectivity index (χ3v) is 4.05. The molecule has 0 radical (unpaired) electrons. The van der Waals surface area contributed by atoms with Crippen LogP contribution in [0.25, 0.3) is 10.9 Å². The minimum absolute atomic E-state index is 0.106. The predicted octanol–water partition coefficient (Wildman–Crippen LogP) is 2.07. The maximum atomic E-state index is 11.3. The third kappa shape index (κ3) is 2.56. The first-order valence-electron chi connectivity index (χ1n) is 7.14. The fraction of sp³-hybridized carbons (Fsp3) is 0.375. The first kappa shape index (κ1) is 13.8. The Bertz CT molecular complexity index is 686. The first-order valence-corrected chi connectivity index (χ1v) is 7.14. The molecule has 1 aromatic heterocycles. The van der Waals surface area contributed by atoms with Crippen LogP contribution in [0.4, 0.5) is 5.69 Å². The standard InChI is InChI=1S/C16H19N3O2/c1-11-10-18(2)7-8-19(11)15-9-14(16(20)21)17-13-6-4-3-5-12(13)15/h3-6,9,11H,7-8,10H2,1-2H3,(H,20,21). The van der Waals surface area contributed by atoms with Crippen molar-refractivity contribution in [1.82, 2.24) is 9.88 Å². The van der Waals surface area contributed by atoms with Crippen LogP contribution in [-0.2, 0) is 0 Å². The Morgan fingerprint density at radius 1 is 1.33 bits per heavy atom. The number of carboxylic acid groups (broad SMARTS) is 1.